The summed E-state index contributed by atoms with van der Waals surface area (Å²) < 4.78 is 45.2. The molecule has 2 unspecified atom stereocenters. The van der Waals surface area contributed by atoms with Crippen LogP contribution >= 0.6 is 0 Å². The van der Waals surface area contributed by atoms with Crippen molar-refractivity contribution in [2.24, 2.45) is 0 Å². The summed E-state index contributed by atoms with van der Waals surface area (Å²) in [4.78, 5) is 63.4. The molecule has 0 bridgehead atoms. The fraction of sp³-hybridized carbons (Fsp3) is 0.408. The van der Waals surface area contributed by atoms with Crippen LogP contribution in [0, 0.1) is 24.7 Å². The average molecular weight is 912 g/mol. The van der Waals surface area contributed by atoms with Crippen LogP contribution in [0.5, 0.6) is 34.5 Å². The van der Waals surface area contributed by atoms with E-state index in [2.05, 4.69) is 17.2 Å². The summed E-state index contributed by atoms with van der Waals surface area (Å²) >= 11 is 0. The fourth-order valence-corrected chi connectivity index (χ4v) is 6.52. The number of nitrogens with zero attached hydrogens (tertiary/aromatic N) is 2. The highest BCUT2D eigenvalue weighted by Gasteiger charge is 2.34. The van der Waals surface area contributed by atoms with Crippen LogP contribution in [-0.2, 0) is 14.3 Å². The zero-order valence-corrected chi connectivity index (χ0v) is 38.5. The number of para-hydroxylation sites is 1. The molecule has 2 saturated heterocycles. The number of benzene rings is 3. The Labute approximate surface area is 385 Å². The van der Waals surface area contributed by atoms with Gasteiger partial charge in [-0.25, -0.2) is 14.4 Å². The number of hydrogen-bond donors (Lipinski definition) is 2. The average Bonchev–Trinajstić information content (AvgIpc) is 3.94. The van der Waals surface area contributed by atoms with Crippen molar-refractivity contribution in [1.82, 2.24) is 9.80 Å². The lowest BCUT2D eigenvalue weighted by Gasteiger charge is -2.24. The molecule has 0 radical (unpaired) electrons. The number of aromatic carboxylic acids is 1. The molecular weight excluding hydrogens is 855 g/mol. The number of anilines is 1. The molecule has 2 atom stereocenters. The summed E-state index contributed by atoms with van der Waals surface area (Å²) in [7, 11) is 2.91. The van der Waals surface area contributed by atoms with E-state index in [4.69, 9.17) is 50.7 Å². The third kappa shape index (κ3) is 14.8. The lowest BCUT2D eigenvalue weighted by atomic mass is 10.1. The molecule has 2 aliphatic rings. The maximum absolute atomic E-state index is 12.6. The molecular formula is C49H57N3O14. The Balaban J connectivity index is 0.000000309. The molecule has 352 valence electrons. The highest BCUT2D eigenvalue weighted by molar-refractivity contribution is 6.06. The van der Waals surface area contributed by atoms with Crippen molar-refractivity contribution >= 4 is 42.1 Å². The van der Waals surface area contributed by atoms with Gasteiger partial charge in [0.1, 0.15) is 36.6 Å². The number of carboxylic acid groups (broad SMARTS) is 1. The molecule has 2 N–H and O–H groups in total. The standard InChI is InChI=1S/C29H32N2O8.C20H25NO6/c1-6-17-37-23-13-11-19(12-14-24(32)30-22-10-8-7-9-21(22)27(33)34)25(26(23)36-5)38-20-15-16-31(18-20)28(35)39-29(2,3)4;1-6-11-25-16-8-7-14(13-22)17(18(16)24-5)26-15-9-10-21(12-15)19(23)27-20(2,3)4/h1,7-14,20H,15-18H2,2-5H3,(H,30,32)(H,33,34);1,7-8,13,15H,9-12H2,2-5H3/b14-12+;. The Kier molecular flexibility index (Phi) is 18.1. The minimum Gasteiger partial charge on any atom is -0.490 e. The zero-order valence-electron chi connectivity index (χ0n) is 38.5. The number of carbonyl (C=O) groups excluding carboxylic acids is 4. The number of terminal acetylenes is 2. The molecule has 0 spiro atoms. The first-order chi connectivity index (χ1) is 31.3. The van der Waals surface area contributed by atoms with E-state index in [1.54, 1.807) is 67.0 Å². The first-order valence-electron chi connectivity index (χ1n) is 20.9. The van der Waals surface area contributed by atoms with E-state index >= 15 is 0 Å². The summed E-state index contributed by atoms with van der Waals surface area (Å²) in [5.74, 6) is 4.97. The van der Waals surface area contributed by atoms with Gasteiger partial charge in [-0.05, 0) is 84.0 Å². The van der Waals surface area contributed by atoms with Crippen LogP contribution in [0.1, 0.15) is 80.7 Å². The SMILES string of the molecule is C#CCOc1ccc(/C=C/C(=O)Nc2ccccc2C(=O)O)c(OC2CCN(C(=O)OC(C)(C)C)C2)c1OC.C#CCOc1ccc(C=O)c(OC2CCN(C(=O)OC(C)(C)C)C2)c1OC. The summed E-state index contributed by atoms with van der Waals surface area (Å²) in [5, 5.41) is 11.9. The summed E-state index contributed by atoms with van der Waals surface area (Å²) in [6, 6.07) is 12.6. The molecule has 5 rings (SSSR count). The number of rotatable bonds is 15. The molecule has 0 saturated carbocycles. The maximum Gasteiger partial charge on any atom is 0.410 e. The molecule has 2 aliphatic heterocycles. The van der Waals surface area contributed by atoms with Crippen LogP contribution in [0.15, 0.2) is 54.6 Å². The number of amides is 3. The van der Waals surface area contributed by atoms with Crippen molar-refractivity contribution in [3.8, 4) is 59.2 Å². The van der Waals surface area contributed by atoms with E-state index in [1.807, 2.05) is 20.8 Å². The Morgan fingerprint density at radius 1 is 0.727 bits per heavy atom. The van der Waals surface area contributed by atoms with Gasteiger partial charge in [0, 0.05) is 37.6 Å². The number of likely N-dealkylation sites (tertiary alicyclic amines) is 2. The molecule has 3 aromatic carbocycles. The highest BCUT2D eigenvalue weighted by Crippen LogP contribution is 2.43. The lowest BCUT2D eigenvalue weighted by Crippen LogP contribution is -2.36. The predicted molar refractivity (Wildman–Crippen MR) is 245 cm³/mol. The van der Waals surface area contributed by atoms with E-state index in [0.717, 1.165) is 0 Å². The Bertz CT molecular complexity index is 2330. The minimum atomic E-state index is -1.16. The monoisotopic (exact) mass is 911 g/mol. The maximum atomic E-state index is 12.6. The normalized spacial score (nSPS) is 15.5. The van der Waals surface area contributed by atoms with Crippen LogP contribution in [0.2, 0.25) is 0 Å². The molecule has 17 heteroatoms. The highest BCUT2D eigenvalue weighted by atomic mass is 16.6. The van der Waals surface area contributed by atoms with Gasteiger partial charge in [0.15, 0.2) is 29.3 Å². The molecule has 17 nitrogen and oxygen atoms in total. The second kappa shape index (κ2) is 23.4. The third-order valence-electron chi connectivity index (χ3n) is 9.36. The van der Waals surface area contributed by atoms with Crippen molar-refractivity contribution in [2.75, 3.05) is 58.9 Å². The Hall–Kier alpha value is -7.53. The van der Waals surface area contributed by atoms with Crippen molar-refractivity contribution in [2.45, 2.75) is 77.8 Å². The molecule has 2 fully saturated rings. The second-order valence-corrected chi connectivity index (χ2v) is 16.7. The molecule has 0 aliphatic carbocycles. The van der Waals surface area contributed by atoms with E-state index in [9.17, 15) is 29.1 Å². The van der Waals surface area contributed by atoms with Gasteiger partial charge in [0.25, 0.3) is 0 Å². The summed E-state index contributed by atoms with van der Waals surface area (Å²) in [6.45, 7) is 12.5. The van der Waals surface area contributed by atoms with Gasteiger partial charge in [-0.3, -0.25) is 9.59 Å². The fourth-order valence-electron chi connectivity index (χ4n) is 6.52. The van der Waals surface area contributed by atoms with E-state index in [0.29, 0.717) is 79.4 Å². The van der Waals surface area contributed by atoms with Gasteiger partial charge in [-0.15, -0.1) is 12.8 Å². The Morgan fingerprint density at radius 3 is 1.64 bits per heavy atom. The molecule has 66 heavy (non-hydrogen) atoms. The number of carboxylic acids is 1. The lowest BCUT2D eigenvalue weighted by molar-refractivity contribution is -0.111. The van der Waals surface area contributed by atoms with Crippen LogP contribution in [0.4, 0.5) is 15.3 Å². The molecule has 0 aromatic heterocycles. The third-order valence-corrected chi connectivity index (χ3v) is 9.36. The van der Waals surface area contributed by atoms with Crippen LogP contribution < -0.4 is 33.7 Å². The number of nitrogens with one attached hydrogen (secondary N) is 1. The van der Waals surface area contributed by atoms with Gasteiger partial charge in [0.2, 0.25) is 17.4 Å². The summed E-state index contributed by atoms with van der Waals surface area (Å²) in [5.41, 5.74) is -0.221. The van der Waals surface area contributed by atoms with E-state index in [-0.39, 0.29) is 54.3 Å². The number of hydrogen-bond acceptors (Lipinski definition) is 13. The first kappa shape index (κ1) is 51.1. The van der Waals surface area contributed by atoms with Gasteiger partial charge < -0.3 is 58.1 Å². The minimum absolute atomic E-state index is 0.00618. The number of carbonyl (C=O) groups is 5. The van der Waals surface area contributed by atoms with Gasteiger partial charge in [-0.1, -0.05) is 24.0 Å². The topological polar surface area (TPSA) is 198 Å². The first-order valence-corrected chi connectivity index (χ1v) is 20.9. The van der Waals surface area contributed by atoms with E-state index < -0.39 is 29.2 Å². The number of aldehydes is 1. The smallest absolute Gasteiger partial charge is 0.410 e. The molecule has 3 amide bonds. The van der Waals surface area contributed by atoms with Crippen molar-refractivity contribution in [3.05, 3.63) is 71.3 Å². The van der Waals surface area contributed by atoms with Gasteiger partial charge in [0.05, 0.1) is 44.1 Å². The van der Waals surface area contributed by atoms with Crippen molar-refractivity contribution in [3.63, 3.8) is 0 Å². The largest absolute Gasteiger partial charge is 0.490 e. The summed E-state index contributed by atoms with van der Waals surface area (Å²) in [6.07, 6.45) is 13.7. The van der Waals surface area contributed by atoms with Crippen LogP contribution in [-0.4, -0.2) is 122 Å². The number of ether oxygens (including phenoxy) is 8. The Morgan fingerprint density at radius 2 is 1.20 bits per heavy atom. The molecule has 2 heterocycles. The van der Waals surface area contributed by atoms with Crippen LogP contribution in [0.3, 0.4) is 0 Å². The van der Waals surface area contributed by atoms with Gasteiger partial charge in [-0.2, -0.15) is 0 Å². The predicted octanol–water partition coefficient (Wildman–Crippen LogP) is 7.35. The quantitative estimate of drug-likeness (QED) is 0.0872. The second-order valence-electron chi connectivity index (χ2n) is 16.7. The van der Waals surface area contributed by atoms with Crippen molar-refractivity contribution in [1.29, 1.82) is 0 Å². The van der Waals surface area contributed by atoms with E-state index in [1.165, 1.54) is 38.5 Å². The molecule has 3 aromatic rings. The zero-order chi connectivity index (χ0) is 48.6. The van der Waals surface area contributed by atoms with Crippen molar-refractivity contribution < 1.29 is 67.0 Å². The number of methoxy groups -OCH3 is 2. The van der Waals surface area contributed by atoms with Gasteiger partial charge >= 0.3 is 18.2 Å². The van der Waals surface area contributed by atoms with Crippen LogP contribution in [0.25, 0.3) is 6.08 Å².